The fourth-order valence-electron chi connectivity index (χ4n) is 2.54. The molecule has 1 fully saturated rings. The monoisotopic (exact) mass is 355 g/mol. The summed E-state index contributed by atoms with van der Waals surface area (Å²) in [7, 11) is 0. The molecule has 0 aliphatic carbocycles. The molecule has 0 unspecified atom stereocenters. The van der Waals surface area contributed by atoms with Crippen LogP contribution in [-0.2, 0) is 6.61 Å². The molecular weight excluding hydrogens is 341 g/mol. The number of anilines is 1. The van der Waals surface area contributed by atoms with Gasteiger partial charge in [0, 0.05) is 37.3 Å². The Kier molecular flexibility index (Phi) is 4.75. The minimum absolute atomic E-state index is 0.199. The zero-order valence-corrected chi connectivity index (χ0v) is 13.7. The Morgan fingerprint density at radius 1 is 1.22 bits per heavy atom. The first-order valence-electron chi connectivity index (χ1n) is 7.14. The maximum Gasteiger partial charge on any atom is 0.276 e. The van der Waals surface area contributed by atoms with Crippen LogP contribution in [0.4, 0.5) is 5.69 Å². The van der Waals surface area contributed by atoms with E-state index in [9.17, 15) is 4.79 Å². The van der Waals surface area contributed by atoms with Crippen LogP contribution >= 0.6 is 23.2 Å². The summed E-state index contributed by atoms with van der Waals surface area (Å²) < 4.78 is 4.86. The van der Waals surface area contributed by atoms with Crippen LogP contribution < -0.4 is 4.90 Å². The van der Waals surface area contributed by atoms with Crippen molar-refractivity contribution in [2.45, 2.75) is 6.61 Å². The summed E-state index contributed by atoms with van der Waals surface area (Å²) in [6.07, 6.45) is 0. The van der Waals surface area contributed by atoms with Gasteiger partial charge in [-0.05, 0) is 18.2 Å². The van der Waals surface area contributed by atoms with Gasteiger partial charge >= 0.3 is 0 Å². The highest BCUT2D eigenvalue weighted by molar-refractivity contribution is 6.36. The average Bonchev–Trinajstić information content (AvgIpc) is 3.03. The largest absolute Gasteiger partial charge is 0.388 e. The van der Waals surface area contributed by atoms with Gasteiger partial charge in [0.15, 0.2) is 11.5 Å². The second kappa shape index (κ2) is 6.78. The molecule has 0 radical (unpaired) electrons. The molecule has 1 aliphatic rings. The number of halogens is 2. The Bertz CT molecular complexity index is 712. The number of aliphatic hydroxyl groups is 1. The SMILES string of the molecule is O=C(c1cc(CO)on1)N1CCN(c2ccc(Cl)cc2Cl)CC1. The average molecular weight is 356 g/mol. The van der Waals surface area contributed by atoms with E-state index in [4.69, 9.17) is 32.8 Å². The van der Waals surface area contributed by atoms with Crippen molar-refractivity contribution in [2.24, 2.45) is 0 Å². The number of aliphatic hydroxyl groups excluding tert-OH is 1. The number of aromatic nitrogens is 1. The van der Waals surface area contributed by atoms with Crippen molar-refractivity contribution in [3.8, 4) is 0 Å². The smallest absolute Gasteiger partial charge is 0.276 e. The Labute approximate surface area is 143 Å². The van der Waals surface area contributed by atoms with E-state index in [1.165, 1.54) is 6.07 Å². The van der Waals surface area contributed by atoms with Crippen LogP contribution in [0.2, 0.25) is 10.0 Å². The Hall–Kier alpha value is -1.76. The Morgan fingerprint density at radius 2 is 1.96 bits per heavy atom. The molecule has 1 aromatic heterocycles. The first-order chi connectivity index (χ1) is 11.1. The number of amides is 1. The summed E-state index contributed by atoms with van der Waals surface area (Å²) in [5, 5.41) is 13.8. The van der Waals surface area contributed by atoms with Crippen molar-refractivity contribution in [1.29, 1.82) is 0 Å². The summed E-state index contributed by atoms with van der Waals surface area (Å²) in [6.45, 7) is 2.16. The van der Waals surface area contributed by atoms with Crippen LogP contribution in [0.25, 0.3) is 0 Å². The number of piperazine rings is 1. The molecule has 0 atom stereocenters. The minimum atomic E-state index is -0.275. The van der Waals surface area contributed by atoms with Crippen molar-refractivity contribution in [3.63, 3.8) is 0 Å². The van der Waals surface area contributed by atoms with Gasteiger partial charge in [-0.3, -0.25) is 4.79 Å². The molecule has 0 saturated carbocycles. The van der Waals surface area contributed by atoms with Crippen LogP contribution in [0.3, 0.4) is 0 Å². The van der Waals surface area contributed by atoms with Crippen molar-refractivity contribution in [3.05, 3.63) is 45.8 Å². The number of hydrogen-bond donors (Lipinski definition) is 1. The third-order valence-corrected chi connectivity index (χ3v) is 4.29. The number of rotatable bonds is 3. The summed E-state index contributed by atoms with van der Waals surface area (Å²) in [5.41, 5.74) is 1.12. The van der Waals surface area contributed by atoms with Gasteiger partial charge in [0.1, 0.15) is 6.61 Å². The van der Waals surface area contributed by atoms with Crippen LogP contribution in [0.5, 0.6) is 0 Å². The molecule has 23 heavy (non-hydrogen) atoms. The predicted molar refractivity (Wildman–Crippen MR) is 87.0 cm³/mol. The van der Waals surface area contributed by atoms with E-state index in [0.717, 1.165) is 5.69 Å². The minimum Gasteiger partial charge on any atom is -0.388 e. The lowest BCUT2D eigenvalue weighted by atomic mass is 10.2. The lowest BCUT2D eigenvalue weighted by Crippen LogP contribution is -2.49. The molecule has 8 heteroatoms. The van der Waals surface area contributed by atoms with Crippen LogP contribution in [0, 0.1) is 0 Å². The summed E-state index contributed by atoms with van der Waals surface area (Å²) in [6, 6.07) is 6.85. The third kappa shape index (κ3) is 3.44. The highest BCUT2D eigenvalue weighted by Gasteiger charge is 2.25. The maximum absolute atomic E-state index is 12.3. The van der Waals surface area contributed by atoms with Gasteiger partial charge in [-0.15, -0.1) is 0 Å². The summed E-state index contributed by atoms with van der Waals surface area (Å²) >= 11 is 12.1. The highest BCUT2D eigenvalue weighted by atomic mass is 35.5. The van der Waals surface area contributed by atoms with Crippen LogP contribution in [0.15, 0.2) is 28.8 Å². The van der Waals surface area contributed by atoms with E-state index in [-0.39, 0.29) is 24.0 Å². The standard InChI is InChI=1S/C15H15Cl2N3O3/c16-10-1-2-14(12(17)7-10)19-3-5-20(6-4-19)15(22)13-8-11(9-21)23-18-13/h1-2,7-8,21H,3-6,9H2. The molecular formula is C15H15Cl2N3O3. The number of carbonyl (C=O) groups is 1. The topological polar surface area (TPSA) is 69.8 Å². The lowest BCUT2D eigenvalue weighted by molar-refractivity contribution is 0.0736. The zero-order valence-electron chi connectivity index (χ0n) is 12.2. The van der Waals surface area contributed by atoms with E-state index in [0.29, 0.717) is 36.2 Å². The lowest BCUT2D eigenvalue weighted by Gasteiger charge is -2.36. The van der Waals surface area contributed by atoms with E-state index in [1.54, 1.807) is 17.0 Å². The molecule has 122 valence electrons. The molecule has 2 heterocycles. The van der Waals surface area contributed by atoms with E-state index in [2.05, 4.69) is 10.1 Å². The molecule has 1 N–H and O–H groups in total. The van der Waals surface area contributed by atoms with Gasteiger partial charge in [-0.25, -0.2) is 0 Å². The first-order valence-corrected chi connectivity index (χ1v) is 7.90. The third-order valence-electron chi connectivity index (χ3n) is 3.75. The van der Waals surface area contributed by atoms with Crippen LogP contribution in [-0.4, -0.2) is 47.2 Å². The highest BCUT2D eigenvalue weighted by Crippen LogP contribution is 2.29. The molecule has 6 nitrogen and oxygen atoms in total. The number of nitrogens with zero attached hydrogens (tertiary/aromatic N) is 3. The maximum atomic E-state index is 12.3. The van der Waals surface area contributed by atoms with Crippen molar-refractivity contribution >= 4 is 34.8 Å². The first kappa shape index (κ1) is 16.1. The van der Waals surface area contributed by atoms with Gasteiger partial charge in [0.05, 0.1) is 10.7 Å². The van der Waals surface area contributed by atoms with E-state index >= 15 is 0 Å². The Balaban J connectivity index is 1.65. The van der Waals surface area contributed by atoms with Gasteiger partial charge in [-0.1, -0.05) is 28.4 Å². The number of hydrogen-bond acceptors (Lipinski definition) is 5. The second-order valence-electron chi connectivity index (χ2n) is 5.21. The molecule has 1 aliphatic heterocycles. The fraction of sp³-hybridized carbons (Fsp3) is 0.333. The quantitative estimate of drug-likeness (QED) is 0.915. The molecule has 0 spiro atoms. The zero-order chi connectivity index (χ0) is 16.4. The van der Waals surface area contributed by atoms with E-state index in [1.807, 2.05) is 6.07 Å². The van der Waals surface area contributed by atoms with E-state index < -0.39 is 0 Å². The van der Waals surface area contributed by atoms with Gasteiger partial charge in [-0.2, -0.15) is 0 Å². The van der Waals surface area contributed by atoms with Gasteiger partial charge in [0.25, 0.3) is 5.91 Å². The van der Waals surface area contributed by atoms with Gasteiger partial charge < -0.3 is 19.4 Å². The Morgan fingerprint density at radius 3 is 2.57 bits per heavy atom. The van der Waals surface area contributed by atoms with Crippen LogP contribution in [0.1, 0.15) is 16.2 Å². The van der Waals surface area contributed by atoms with Crippen molar-refractivity contribution in [2.75, 3.05) is 31.1 Å². The summed E-state index contributed by atoms with van der Waals surface area (Å²) in [5.74, 6) is 0.0789. The second-order valence-corrected chi connectivity index (χ2v) is 6.06. The fourth-order valence-corrected chi connectivity index (χ4v) is 3.07. The van der Waals surface area contributed by atoms with Crippen molar-refractivity contribution < 1.29 is 14.4 Å². The van der Waals surface area contributed by atoms with Gasteiger partial charge in [0.2, 0.25) is 0 Å². The normalized spacial score (nSPS) is 15.1. The summed E-state index contributed by atoms with van der Waals surface area (Å²) in [4.78, 5) is 16.2. The number of carbonyl (C=O) groups excluding carboxylic acids is 1. The number of benzene rings is 1. The molecule has 0 bridgehead atoms. The molecule has 2 aromatic rings. The molecule has 1 saturated heterocycles. The molecule has 1 amide bonds. The molecule has 1 aromatic carbocycles. The molecule has 3 rings (SSSR count). The predicted octanol–water partition coefficient (Wildman–Crippen LogP) is 2.44. The van der Waals surface area contributed by atoms with Crippen molar-refractivity contribution in [1.82, 2.24) is 10.1 Å².